The van der Waals surface area contributed by atoms with Crippen molar-refractivity contribution in [2.45, 2.75) is 6.54 Å². The maximum atomic E-state index is 11.0. The van der Waals surface area contributed by atoms with Gasteiger partial charge in [0.15, 0.2) is 5.58 Å². The van der Waals surface area contributed by atoms with E-state index in [2.05, 4.69) is 15.5 Å². The molecule has 0 aliphatic carbocycles. The number of para-hydroxylation sites is 1. The van der Waals surface area contributed by atoms with E-state index in [9.17, 15) is 10.1 Å². The lowest BCUT2D eigenvalue weighted by atomic mass is 10.2. The van der Waals surface area contributed by atoms with Crippen LogP contribution < -0.4 is 5.32 Å². The van der Waals surface area contributed by atoms with Crippen molar-refractivity contribution in [1.29, 1.82) is 0 Å². The average Bonchev–Trinajstić information content (AvgIpc) is 2.89. The largest absolute Gasteiger partial charge is 0.359 e. The topological polar surface area (TPSA) is 94.1 Å². The summed E-state index contributed by atoms with van der Waals surface area (Å²) in [5.74, 6) is 0.136. The lowest BCUT2D eigenvalue weighted by Crippen LogP contribution is -2.05. The van der Waals surface area contributed by atoms with Gasteiger partial charge in [-0.15, -0.1) is 0 Å². The average molecular weight is 305 g/mol. The third-order valence-electron chi connectivity index (χ3n) is 2.91. The van der Waals surface area contributed by atoms with E-state index in [0.29, 0.717) is 11.3 Å². The van der Waals surface area contributed by atoms with Crippen LogP contribution in [-0.2, 0) is 6.54 Å². The van der Waals surface area contributed by atoms with E-state index in [1.807, 2.05) is 18.2 Å². The van der Waals surface area contributed by atoms with E-state index >= 15 is 0 Å². The van der Waals surface area contributed by atoms with Crippen molar-refractivity contribution in [3.05, 3.63) is 57.4 Å². The summed E-state index contributed by atoms with van der Waals surface area (Å²) < 4.78 is 5.17. The van der Waals surface area contributed by atoms with Crippen LogP contribution in [0.5, 0.6) is 0 Å². The fraction of sp³-hybridized carbons (Fsp3) is 0.0769. The number of benzene rings is 1. The fourth-order valence-electron chi connectivity index (χ4n) is 1.94. The minimum atomic E-state index is -0.540. The zero-order valence-electron chi connectivity index (χ0n) is 10.6. The van der Waals surface area contributed by atoms with Crippen LogP contribution >= 0.6 is 11.6 Å². The second kappa shape index (κ2) is 5.37. The van der Waals surface area contributed by atoms with Gasteiger partial charge in [-0.3, -0.25) is 10.1 Å². The summed E-state index contributed by atoms with van der Waals surface area (Å²) in [5.41, 5.74) is 1.12. The number of hydrogen-bond acceptors (Lipinski definition) is 6. The van der Waals surface area contributed by atoms with Crippen molar-refractivity contribution in [3.8, 4) is 0 Å². The van der Waals surface area contributed by atoms with Crippen LogP contribution in [0.3, 0.4) is 0 Å². The molecule has 0 aliphatic heterocycles. The molecule has 2 heterocycles. The summed E-state index contributed by atoms with van der Waals surface area (Å²) in [7, 11) is 0. The lowest BCUT2D eigenvalue weighted by Gasteiger charge is -2.04. The summed E-state index contributed by atoms with van der Waals surface area (Å²) in [6.45, 7) is 0.256. The minimum Gasteiger partial charge on any atom is -0.359 e. The van der Waals surface area contributed by atoms with Crippen LogP contribution in [0.25, 0.3) is 11.0 Å². The number of halogens is 1. The molecule has 0 saturated heterocycles. The van der Waals surface area contributed by atoms with Gasteiger partial charge in [0.1, 0.15) is 5.69 Å². The van der Waals surface area contributed by atoms with Crippen molar-refractivity contribution in [2.75, 3.05) is 5.32 Å². The summed E-state index contributed by atoms with van der Waals surface area (Å²) in [4.78, 5) is 14.4. The number of pyridine rings is 1. The van der Waals surface area contributed by atoms with Crippen LogP contribution in [0.15, 0.2) is 41.1 Å². The molecule has 0 fully saturated rings. The van der Waals surface area contributed by atoms with Crippen LogP contribution in [-0.4, -0.2) is 15.1 Å². The molecule has 0 unspecified atom stereocenters. The van der Waals surface area contributed by atoms with Crippen molar-refractivity contribution in [3.63, 3.8) is 0 Å². The first-order valence-corrected chi connectivity index (χ1v) is 6.40. The maximum absolute atomic E-state index is 11.0. The molecule has 3 rings (SSSR count). The zero-order valence-corrected chi connectivity index (χ0v) is 11.4. The van der Waals surface area contributed by atoms with Gasteiger partial charge in [0.05, 0.1) is 16.5 Å². The molecule has 7 nitrogen and oxygen atoms in total. The first kappa shape index (κ1) is 13.3. The summed E-state index contributed by atoms with van der Waals surface area (Å²) in [6, 6.07) is 8.63. The predicted molar refractivity (Wildman–Crippen MR) is 77.2 cm³/mol. The number of fused-ring (bicyclic) bond motifs is 1. The smallest absolute Gasteiger partial charge is 0.312 e. The number of anilines is 1. The Morgan fingerprint density at radius 1 is 1.38 bits per heavy atom. The van der Waals surface area contributed by atoms with Crippen LogP contribution in [0, 0.1) is 10.1 Å². The number of hydrogen-bond donors (Lipinski definition) is 1. The second-order valence-electron chi connectivity index (χ2n) is 4.26. The highest BCUT2D eigenvalue weighted by atomic mass is 35.5. The molecule has 0 amide bonds. The Hall–Kier alpha value is -2.67. The van der Waals surface area contributed by atoms with Crippen LogP contribution in [0.4, 0.5) is 11.5 Å². The van der Waals surface area contributed by atoms with Gasteiger partial charge in [0.25, 0.3) is 0 Å². The van der Waals surface area contributed by atoms with Gasteiger partial charge in [-0.2, -0.15) is 0 Å². The number of nitro groups is 1. The molecule has 2 aromatic heterocycles. The summed E-state index contributed by atoms with van der Waals surface area (Å²) >= 11 is 5.72. The van der Waals surface area contributed by atoms with E-state index in [1.165, 1.54) is 12.3 Å². The lowest BCUT2D eigenvalue weighted by molar-refractivity contribution is -0.384. The van der Waals surface area contributed by atoms with Gasteiger partial charge in [0.2, 0.25) is 5.82 Å². The van der Waals surface area contributed by atoms with Gasteiger partial charge in [-0.1, -0.05) is 28.9 Å². The molecule has 0 saturated carbocycles. The van der Waals surface area contributed by atoms with Gasteiger partial charge >= 0.3 is 5.69 Å². The third kappa shape index (κ3) is 2.63. The molecule has 106 valence electrons. The molecule has 1 N–H and O–H groups in total. The molecular weight excluding hydrogens is 296 g/mol. The minimum absolute atomic E-state index is 0.136. The van der Waals surface area contributed by atoms with Crippen molar-refractivity contribution in [1.82, 2.24) is 10.1 Å². The van der Waals surface area contributed by atoms with Gasteiger partial charge in [0, 0.05) is 17.6 Å². The van der Waals surface area contributed by atoms with Crippen molar-refractivity contribution in [2.24, 2.45) is 0 Å². The third-order valence-corrected chi connectivity index (χ3v) is 3.11. The molecule has 8 heteroatoms. The van der Waals surface area contributed by atoms with E-state index < -0.39 is 4.92 Å². The Balaban J connectivity index is 1.87. The number of nitrogens with one attached hydrogen (secondary N) is 1. The Morgan fingerprint density at radius 2 is 2.19 bits per heavy atom. The SMILES string of the molecule is O=[N+]([O-])c1cc(Cl)cnc1NCc1noc2ccccc12. The molecule has 0 aliphatic rings. The molecule has 0 bridgehead atoms. The molecule has 21 heavy (non-hydrogen) atoms. The van der Waals surface area contributed by atoms with Crippen LogP contribution in [0.2, 0.25) is 5.02 Å². The number of nitrogens with zero attached hydrogens (tertiary/aromatic N) is 3. The van der Waals surface area contributed by atoms with Crippen LogP contribution in [0.1, 0.15) is 5.69 Å². The maximum Gasteiger partial charge on any atom is 0.312 e. The molecule has 0 atom stereocenters. The zero-order chi connectivity index (χ0) is 14.8. The number of aromatic nitrogens is 2. The first-order chi connectivity index (χ1) is 10.1. The van der Waals surface area contributed by atoms with Crippen molar-refractivity contribution >= 4 is 34.1 Å². The van der Waals surface area contributed by atoms with E-state index in [0.717, 1.165) is 5.39 Å². The monoisotopic (exact) mass is 304 g/mol. The van der Waals surface area contributed by atoms with E-state index in [4.69, 9.17) is 16.1 Å². The van der Waals surface area contributed by atoms with Gasteiger partial charge in [-0.05, 0) is 12.1 Å². The molecule has 0 radical (unpaired) electrons. The normalized spacial score (nSPS) is 10.7. The molecule has 1 aromatic carbocycles. The fourth-order valence-corrected chi connectivity index (χ4v) is 2.09. The Labute approximate surface area is 123 Å². The van der Waals surface area contributed by atoms with Gasteiger partial charge in [-0.25, -0.2) is 4.98 Å². The van der Waals surface area contributed by atoms with Gasteiger partial charge < -0.3 is 9.84 Å². The molecular formula is C13H9ClN4O3. The van der Waals surface area contributed by atoms with Crippen molar-refractivity contribution < 1.29 is 9.45 Å². The predicted octanol–water partition coefficient (Wildman–Crippen LogP) is 3.40. The van der Waals surface area contributed by atoms with E-state index in [1.54, 1.807) is 6.07 Å². The summed E-state index contributed by atoms with van der Waals surface area (Å²) in [6.07, 6.45) is 1.35. The Kier molecular flexibility index (Phi) is 3.41. The Morgan fingerprint density at radius 3 is 3.00 bits per heavy atom. The molecule has 3 aromatic rings. The highest BCUT2D eigenvalue weighted by Gasteiger charge is 2.16. The first-order valence-electron chi connectivity index (χ1n) is 6.02. The Bertz CT molecular complexity index is 818. The number of rotatable bonds is 4. The second-order valence-corrected chi connectivity index (χ2v) is 4.69. The highest BCUT2D eigenvalue weighted by Crippen LogP contribution is 2.26. The standard InChI is InChI=1S/C13H9ClN4O3/c14-8-5-11(18(19)20)13(15-6-8)16-7-10-9-3-1-2-4-12(9)21-17-10/h1-6H,7H2,(H,15,16). The quantitative estimate of drug-likeness (QED) is 0.586. The highest BCUT2D eigenvalue weighted by molar-refractivity contribution is 6.30. The molecule has 0 spiro atoms. The van der Waals surface area contributed by atoms with E-state index in [-0.39, 0.29) is 23.1 Å². The summed E-state index contributed by atoms with van der Waals surface area (Å²) in [5, 5.41) is 18.9.